The predicted octanol–water partition coefficient (Wildman–Crippen LogP) is 2.49. The molecule has 1 aromatic rings. The number of amidine groups is 1. The van der Waals surface area contributed by atoms with Crippen LogP contribution in [0.5, 0.6) is 0 Å². The summed E-state index contributed by atoms with van der Waals surface area (Å²) in [5.41, 5.74) is 7.57. The van der Waals surface area contributed by atoms with E-state index in [4.69, 9.17) is 5.73 Å². The topological polar surface area (TPSA) is 100 Å². The zero-order chi connectivity index (χ0) is 20.6. The molecule has 0 spiro atoms. The van der Waals surface area contributed by atoms with Crippen LogP contribution < -0.4 is 11.1 Å². The highest BCUT2D eigenvalue weighted by atomic mass is 79.9. The summed E-state index contributed by atoms with van der Waals surface area (Å²) in [7, 11) is 1.31. The van der Waals surface area contributed by atoms with Crippen molar-refractivity contribution >= 4 is 39.8 Å². The Balaban J connectivity index is 3.09. The summed E-state index contributed by atoms with van der Waals surface area (Å²) in [6, 6.07) is 5.74. The summed E-state index contributed by atoms with van der Waals surface area (Å²) < 4.78 is 14.3. The van der Waals surface area contributed by atoms with Crippen molar-refractivity contribution in [2.45, 2.75) is 20.8 Å². The third-order valence-electron chi connectivity index (χ3n) is 3.54. The molecule has 0 fully saturated rings. The quantitative estimate of drug-likeness (QED) is 0.295. The molecular weight excluding hydrogens is 417 g/mol. The molecule has 0 unspecified atom stereocenters. The van der Waals surface area contributed by atoms with E-state index in [2.05, 4.69) is 31.3 Å². The average molecular weight is 440 g/mol. The number of nitrogens with zero attached hydrogens (tertiary/aromatic N) is 3. The number of carbonyl (C=O) groups is 2. The molecule has 0 aliphatic carbocycles. The van der Waals surface area contributed by atoms with Gasteiger partial charge in [0.15, 0.2) is 11.7 Å². The standard InChI is InChI=1S/C18H23BrFN5O2/c1-11(2)17(14-7-13(19)6-5-12(14)3)24-25(10-26)9-16(27)23-18(22-4)15(20)8-21/h5-8,10-11H,9,21H2,1-4H3,(H,22,23,27)/b15-8+,24-17-. The van der Waals surface area contributed by atoms with E-state index in [0.29, 0.717) is 18.3 Å². The van der Waals surface area contributed by atoms with Crippen LogP contribution in [0.3, 0.4) is 0 Å². The second-order valence-electron chi connectivity index (χ2n) is 5.94. The van der Waals surface area contributed by atoms with Gasteiger partial charge in [0.25, 0.3) is 0 Å². The lowest BCUT2D eigenvalue weighted by Gasteiger charge is -2.18. The van der Waals surface area contributed by atoms with E-state index in [1.165, 1.54) is 7.05 Å². The van der Waals surface area contributed by atoms with E-state index < -0.39 is 18.3 Å². The summed E-state index contributed by atoms with van der Waals surface area (Å²) in [4.78, 5) is 27.1. The first-order valence-corrected chi connectivity index (χ1v) is 8.94. The van der Waals surface area contributed by atoms with Crippen LogP contribution in [0.2, 0.25) is 0 Å². The summed E-state index contributed by atoms with van der Waals surface area (Å²) in [5, 5.41) is 7.55. The van der Waals surface area contributed by atoms with Gasteiger partial charge in [0, 0.05) is 23.3 Å². The van der Waals surface area contributed by atoms with Gasteiger partial charge in [-0.15, -0.1) is 0 Å². The molecule has 146 valence electrons. The van der Waals surface area contributed by atoms with Crippen LogP contribution in [0, 0.1) is 12.8 Å². The van der Waals surface area contributed by atoms with Gasteiger partial charge in [0.05, 0.1) is 5.71 Å². The Kier molecular flexibility index (Phi) is 8.80. The lowest BCUT2D eigenvalue weighted by atomic mass is 9.96. The van der Waals surface area contributed by atoms with Gasteiger partial charge in [-0.05, 0) is 30.5 Å². The summed E-state index contributed by atoms with van der Waals surface area (Å²) >= 11 is 3.43. The number of halogens is 2. The molecule has 7 nitrogen and oxygen atoms in total. The normalized spacial score (nSPS) is 12.9. The third-order valence-corrected chi connectivity index (χ3v) is 4.03. The molecule has 1 aromatic carbocycles. The van der Waals surface area contributed by atoms with Crippen molar-refractivity contribution in [2.24, 2.45) is 21.7 Å². The predicted molar refractivity (Wildman–Crippen MR) is 108 cm³/mol. The summed E-state index contributed by atoms with van der Waals surface area (Å²) in [6.07, 6.45) is 1.12. The number of amides is 2. The first-order chi connectivity index (χ1) is 12.7. The zero-order valence-corrected chi connectivity index (χ0v) is 17.2. The van der Waals surface area contributed by atoms with Crippen molar-refractivity contribution in [1.82, 2.24) is 10.3 Å². The van der Waals surface area contributed by atoms with Crippen LogP contribution in [-0.2, 0) is 9.59 Å². The molecule has 0 bridgehead atoms. The highest BCUT2D eigenvalue weighted by Gasteiger charge is 2.17. The molecule has 9 heteroatoms. The molecule has 3 N–H and O–H groups in total. The second-order valence-corrected chi connectivity index (χ2v) is 6.85. The maximum Gasteiger partial charge on any atom is 0.247 e. The van der Waals surface area contributed by atoms with Crippen LogP contribution in [0.25, 0.3) is 0 Å². The summed E-state index contributed by atoms with van der Waals surface area (Å²) in [6.45, 7) is 5.41. The number of nitrogens with one attached hydrogen (secondary N) is 1. The van der Waals surface area contributed by atoms with Crippen molar-refractivity contribution in [2.75, 3.05) is 13.6 Å². The number of hydrogen-bond donors (Lipinski definition) is 2. The second kappa shape index (κ2) is 10.6. The number of aliphatic imine (C=N–C) groups is 1. The fourth-order valence-corrected chi connectivity index (χ4v) is 2.57. The number of carbonyl (C=O) groups excluding carboxylic acids is 2. The first-order valence-electron chi connectivity index (χ1n) is 8.14. The van der Waals surface area contributed by atoms with Gasteiger partial charge in [0.1, 0.15) is 6.54 Å². The molecule has 0 radical (unpaired) electrons. The maximum atomic E-state index is 13.5. The Morgan fingerprint density at radius 3 is 2.63 bits per heavy atom. The highest BCUT2D eigenvalue weighted by molar-refractivity contribution is 9.10. The van der Waals surface area contributed by atoms with Crippen LogP contribution >= 0.6 is 15.9 Å². The van der Waals surface area contributed by atoms with Gasteiger partial charge in [0.2, 0.25) is 12.3 Å². The molecule has 0 atom stereocenters. The highest BCUT2D eigenvalue weighted by Crippen LogP contribution is 2.20. The fourth-order valence-electron chi connectivity index (χ4n) is 2.21. The van der Waals surface area contributed by atoms with Crippen LogP contribution in [0.15, 0.2) is 44.8 Å². The van der Waals surface area contributed by atoms with Crippen LogP contribution in [0.4, 0.5) is 4.39 Å². The van der Waals surface area contributed by atoms with Crippen molar-refractivity contribution in [3.8, 4) is 0 Å². The molecule has 0 saturated heterocycles. The lowest BCUT2D eigenvalue weighted by molar-refractivity contribution is -0.127. The van der Waals surface area contributed by atoms with Crippen molar-refractivity contribution in [3.63, 3.8) is 0 Å². The Labute approximate surface area is 166 Å². The number of nitrogens with two attached hydrogens (primary N) is 1. The largest absolute Gasteiger partial charge is 0.402 e. The minimum Gasteiger partial charge on any atom is -0.402 e. The number of hydrazone groups is 1. The number of rotatable bonds is 7. The van der Waals surface area contributed by atoms with E-state index >= 15 is 0 Å². The van der Waals surface area contributed by atoms with Gasteiger partial charge in [-0.3, -0.25) is 14.6 Å². The molecule has 2 amide bonds. The molecule has 0 aliphatic heterocycles. The maximum absolute atomic E-state index is 13.5. The zero-order valence-electron chi connectivity index (χ0n) is 15.7. The lowest BCUT2D eigenvalue weighted by Crippen LogP contribution is -2.39. The average Bonchev–Trinajstić information content (AvgIpc) is 2.64. The van der Waals surface area contributed by atoms with E-state index in [-0.39, 0.29) is 11.8 Å². The minimum absolute atomic E-state index is 0.00565. The smallest absolute Gasteiger partial charge is 0.247 e. The van der Waals surface area contributed by atoms with E-state index in [1.54, 1.807) is 0 Å². The van der Waals surface area contributed by atoms with E-state index in [9.17, 15) is 14.0 Å². The molecule has 0 saturated carbocycles. The molecule has 27 heavy (non-hydrogen) atoms. The Morgan fingerprint density at radius 2 is 2.11 bits per heavy atom. The van der Waals surface area contributed by atoms with Crippen LogP contribution in [0.1, 0.15) is 25.0 Å². The van der Waals surface area contributed by atoms with Crippen molar-refractivity contribution in [3.05, 3.63) is 45.8 Å². The van der Waals surface area contributed by atoms with Crippen molar-refractivity contribution in [1.29, 1.82) is 0 Å². The molecular formula is C18H23BrFN5O2. The first kappa shape index (κ1) is 22.5. The van der Waals surface area contributed by atoms with Gasteiger partial charge in [-0.2, -0.15) is 5.10 Å². The summed E-state index contributed by atoms with van der Waals surface area (Å²) in [5.74, 6) is -1.85. The SMILES string of the molecule is CN=C(NC(=O)CN(C=O)/N=C(\c1cc(Br)ccc1C)C(C)C)/C(F)=C\N. The Bertz CT molecular complexity index is 790. The van der Waals surface area contributed by atoms with Crippen molar-refractivity contribution < 1.29 is 14.0 Å². The Hall–Kier alpha value is -2.55. The van der Waals surface area contributed by atoms with Gasteiger partial charge in [-0.1, -0.05) is 35.8 Å². The minimum atomic E-state index is -0.875. The number of hydrogen-bond acceptors (Lipinski definition) is 5. The molecule has 0 aliphatic rings. The Morgan fingerprint density at radius 1 is 1.44 bits per heavy atom. The van der Waals surface area contributed by atoms with Gasteiger partial charge in [-0.25, -0.2) is 9.40 Å². The van der Waals surface area contributed by atoms with E-state index in [0.717, 1.165) is 20.6 Å². The molecule has 1 rings (SSSR count). The molecule has 0 heterocycles. The monoisotopic (exact) mass is 439 g/mol. The number of benzene rings is 1. The fraction of sp³-hybridized carbons (Fsp3) is 0.333. The van der Waals surface area contributed by atoms with Gasteiger partial charge >= 0.3 is 0 Å². The number of aryl methyl sites for hydroxylation is 1. The van der Waals surface area contributed by atoms with E-state index in [1.807, 2.05) is 39.0 Å². The van der Waals surface area contributed by atoms with Crippen LogP contribution in [-0.4, -0.2) is 42.5 Å². The third kappa shape index (κ3) is 6.59. The van der Waals surface area contributed by atoms with Gasteiger partial charge < -0.3 is 11.1 Å². The molecule has 0 aromatic heterocycles.